The van der Waals surface area contributed by atoms with Gasteiger partial charge in [0.05, 0.1) is 10.6 Å². The Morgan fingerprint density at radius 2 is 2.06 bits per heavy atom. The minimum Gasteiger partial charge on any atom is -0.418 e. The molecule has 1 aromatic carbocycles. The van der Waals surface area contributed by atoms with Crippen LogP contribution in [0.5, 0.6) is 0 Å². The summed E-state index contributed by atoms with van der Waals surface area (Å²) in [7, 11) is 0. The van der Waals surface area contributed by atoms with Crippen LogP contribution in [-0.4, -0.2) is 9.97 Å². The van der Waals surface area contributed by atoms with E-state index in [1.54, 1.807) is 24.3 Å². The first-order valence-electron chi connectivity index (χ1n) is 4.91. The van der Waals surface area contributed by atoms with Crippen molar-refractivity contribution in [1.82, 2.24) is 9.97 Å². The van der Waals surface area contributed by atoms with Crippen LogP contribution in [0.25, 0.3) is 22.7 Å². The fourth-order valence-corrected chi connectivity index (χ4v) is 1.70. The molecule has 0 saturated heterocycles. The molecule has 84 valence electrons. The molecule has 5 heteroatoms. The highest BCUT2D eigenvalue weighted by atomic mass is 35.5. The highest BCUT2D eigenvalue weighted by molar-refractivity contribution is 6.30. The Kier molecular flexibility index (Phi) is 2.30. The Morgan fingerprint density at radius 1 is 1.24 bits per heavy atom. The number of hydrogen-bond acceptors (Lipinski definition) is 3. The number of halogens is 2. The van der Waals surface area contributed by atoms with E-state index in [4.69, 9.17) is 16.0 Å². The zero-order valence-corrected chi connectivity index (χ0v) is 9.28. The largest absolute Gasteiger partial charge is 0.418 e. The van der Waals surface area contributed by atoms with Gasteiger partial charge in [0.25, 0.3) is 0 Å². The summed E-state index contributed by atoms with van der Waals surface area (Å²) in [5, 5.41) is 0.464. The number of aromatic nitrogens is 2. The van der Waals surface area contributed by atoms with E-state index in [0.29, 0.717) is 21.8 Å². The molecule has 0 spiro atoms. The Bertz CT molecular complexity index is 696. The van der Waals surface area contributed by atoms with Gasteiger partial charge < -0.3 is 4.42 Å². The summed E-state index contributed by atoms with van der Waals surface area (Å²) in [6.45, 7) is 0. The van der Waals surface area contributed by atoms with Crippen LogP contribution in [0.15, 0.2) is 40.9 Å². The predicted molar refractivity (Wildman–Crippen MR) is 62.2 cm³/mol. The van der Waals surface area contributed by atoms with Gasteiger partial charge in [0.2, 0.25) is 11.6 Å². The first kappa shape index (κ1) is 10.2. The fourth-order valence-electron chi connectivity index (χ4n) is 1.55. The average Bonchev–Trinajstić information content (AvgIpc) is 2.72. The minimum absolute atomic E-state index is 0.202. The third kappa shape index (κ3) is 1.76. The van der Waals surface area contributed by atoms with Gasteiger partial charge in [0, 0.05) is 6.20 Å². The summed E-state index contributed by atoms with van der Waals surface area (Å²) in [6, 6.07) is 7.90. The van der Waals surface area contributed by atoms with E-state index in [1.165, 1.54) is 12.3 Å². The number of oxazole rings is 1. The second-order valence-electron chi connectivity index (χ2n) is 3.48. The van der Waals surface area contributed by atoms with Crippen molar-refractivity contribution in [3.8, 4) is 11.5 Å². The molecule has 0 aliphatic carbocycles. The SMILES string of the molecule is Fc1ccccc1-c1nc2cc(Cl)cnc2o1. The fraction of sp³-hybridized carbons (Fsp3) is 0. The molecule has 0 aliphatic heterocycles. The number of benzene rings is 1. The summed E-state index contributed by atoms with van der Waals surface area (Å²) in [6.07, 6.45) is 1.46. The molecular weight excluding hydrogens is 243 g/mol. The topological polar surface area (TPSA) is 38.9 Å². The molecule has 3 rings (SSSR count). The Balaban J connectivity index is 2.22. The second kappa shape index (κ2) is 3.82. The van der Waals surface area contributed by atoms with Crippen molar-refractivity contribution in [2.75, 3.05) is 0 Å². The van der Waals surface area contributed by atoms with E-state index in [9.17, 15) is 4.39 Å². The quantitative estimate of drug-likeness (QED) is 0.659. The van der Waals surface area contributed by atoms with Crippen molar-refractivity contribution in [2.45, 2.75) is 0 Å². The van der Waals surface area contributed by atoms with Crippen molar-refractivity contribution >= 4 is 22.8 Å². The van der Waals surface area contributed by atoms with Gasteiger partial charge in [-0.2, -0.15) is 0 Å². The summed E-state index contributed by atoms with van der Waals surface area (Å²) in [5.74, 6) is -0.182. The van der Waals surface area contributed by atoms with Crippen LogP contribution in [0.2, 0.25) is 5.02 Å². The molecule has 0 N–H and O–H groups in total. The maximum atomic E-state index is 13.5. The molecule has 0 fully saturated rings. The lowest BCUT2D eigenvalue weighted by Crippen LogP contribution is -1.82. The van der Waals surface area contributed by atoms with Gasteiger partial charge in [0.1, 0.15) is 11.3 Å². The lowest BCUT2D eigenvalue weighted by Gasteiger charge is -1.95. The molecule has 0 aliphatic rings. The standard InChI is InChI=1S/C12H6ClFN2O/c13-7-5-10-12(15-6-7)17-11(16-10)8-3-1-2-4-9(8)14/h1-6H. The van der Waals surface area contributed by atoms with Gasteiger partial charge in [-0.15, -0.1) is 0 Å². The Labute approximate surface area is 101 Å². The molecule has 0 radical (unpaired) electrons. The van der Waals surface area contributed by atoms with Gasteiger partial charge in [0.15, 0.2) is 0 Å². The van der Waals surface area contributed by atoms with Crippen LogP contribution in [0.3, 0.4) is 0 Å². The van der Waals surface area contributed by atoms with E-state index < -0.39 is 0 Å². The normalized spacial score (nSPS) is 10.9. The maximum Gasteiger partial charge on any atom is 0.247 e. The Hall–Kier alpha value is -1.94. The zero-order valence-electron chi connectivity index (χ0n) is 8.52. The molecule has 17 heavy (non-hydrogen) atoms. The van der Waals surface area contributed by atoms with Gasteiger partial charge in [-0.1, -0.05) is 23.7 Å². The van der Waals surface area contributed by atoms with E-state index >= 15 is 0 Å². The van der Waals surface area contributed by atoms with Crippen molar-refractivity contribution in [2.24, 2.45) is 0 Å². The van der Waals surface area contributed by atoms with E-state index in [-0.39, 0.29) is 11.7 Å². The maximum absolute atomic E-state index is 13.5. The smallest absolute Gasteiger partial charge is 0.247 e. The lowest BCUT2D eigenvalue weighted by molar-refractivity contribution is 0.587. The van der Waals surface area contributed by atoms with Crippen molar-refractivity contribution < 1.29 is 8.81 Å². The third-order valence-corrected chi connectivity index (χ3v) is 2.53. The minimum atomic E-state index is -0.384. The van der Waals surface area contributed by atoms with Crippen LogP contribution in [-0.2, 0) is 0 Å². The van der Waals surface area contributed by atoms with E-state index in [2.05, 4.69) is 9.97 Å². The first-order chi connectivity index (χ1) is 8.24. The molecule has 2 aromatic heterocycles. The van der Waals surface area contributed by atoms with Gasteiger partial charge in [-0.3, -0.25) is 0 Å². The van der Waals surface area contributed by atoms with Crippen LogP contribution >= 0.6 is 11.6 Å². The monoisotopic (exact) mass is 248 g/mol. The van der Waals surface area contributed by atoms with Crippen molar-refractivity contribution in [3.63, 3.8) is 0 Å². The molecule has 0 atom stereocenters. The predicted octanol–water partition coefficient (Wildman–Crippen LogP) is 3.68. The number of rotatable bonds is 1. The summed E-state index contributed by atoms with van der Waals surface area (Å²) >= 11 is 5.79. The molecule has 0 bridgehead atoms. The highest BCUT2D eigenvalue weighted by Gasteiger charge is 2.12. The molecule has 3 nitrogen and oxygen atoms in total. The number of nitrogens with zero attached hydrogens (tertiary/aromatic N) is 2. The second-order valence-corrected chi connectivity index (χ2v) is 3.91. The van der Waals surface area contributed by atoms with Crippen LogP contribution in [0.4, 0.5) is 4.39 Å². The molecular formula is C12H6ClFN2O. The molecule has 0 amide bonds. The number of pyridine rings is 1. The van der Waals surface area contributed by atoms with Crippen LogP contribution < -0.4 is 0 Å². The molecule has 2 heterocycles. The van der Waals surface area contributed by atoms with Crippen LogP contribution in [0, 0.1) is 5.82 Å². The molecule has 0 unspecified atom stereocenters. The van der Waals surface area contributed by atoms with Gasteiger partial charge in [-0.25, -0.2) is 14.4 Å². The number of hydrogen-bond donors (Lipinski definition) is 0. The third-order valence-electron chi connectivity index (χ3n) is 2.32. The Morgan fingerprint density at radius 3 is 2.88 bits per heavy atom. The van der Waals surface area contributed by atoms with E-state index in [0.717, 1.165) is 0 Å². The van der Waals surface area contributed by atoms with Gasteiger partial charge >= 0.3 is 0 Å². The van der Waals surface area contributed by atoms with Gasteiger partial charge in [-0.05, 0) is 18.2 Å². The van der Waals surface area contributed by atoms with Crippen molar-refractivity contribution in [1.29, 1.82) is 0 Å². The summed E-state index contributed by atoms with van der Waals surface area (Å²) in [4.78, 5) is 8.12. The summed E-state index contributed by atoms with van der Waals surface area (Å²) < 4.78 is 18.9. The zero-order chi connectivity index (χ0) is 11.8. The lowest BCUT2D eigenvalue weighted by atomic mass is 10.2. The highest BCUT2D eigenvalue weighted by Crippen LogP contribution is 2.26. The first-order valence-corrected chi connectivity index (χ1v) is 5.29. The van der Waals surface area contributed by atoms with Crippen LogP contribution in [0.1, 0.15) is 0 Å². The van der Waals surface area contributed by atoms with Crippen molar-refractivity contribution in [3.05, 3.63) is 47.4 Å². The average molecular weight is 249 g/mol. The molecule has 0 saturated carbocycles. The summed E-state index contributed by atoms with van der Waals surface area (Å²) in [5.41, 5.74) is 1.16. The number of fused-ring (bicyclic) bond motifs is 1. The molecule has 3 aromatic rings. The van der Waals surface area contributed by atoms with E-state index in [1.807, 2.05) is 0 Å².